The number of aliphatic imine (C=N–C) groups is 1. The Kier molecular flexibility index (Phi) is 9.11. The SMILES string of the molecule is CN=C(NCC1(SC)CCOCC1)N1CCC(N2CCCCC2)C1.I. The Balaban J connectivity index is 0.00000225. The predicted molar refractivity (Wildman–Crippen MR) is 118 cm³/mol. The second-order valence-electron chi connectivity index (χ2n) is 7.39. The van der Waals surface area contributed by atoms with Crippen LogP contribution in [0.15, 0.2) is 4.99 Å². The van der Waals surface area contributed by atoms with Crippen LogP contribution in [-0.2, 0) is 4.74 Å². The molecule has 0 aromatic carbocycles. The van der Waals surface area contributed by atoms with Gasteiger partial charge in [0, 0.05) is 50.7 Å². The van der Waals surface area contributed by atoms with Crippen molar-refractivity contribution in [3.05, 3.63) is 0 Å². The molecule has 3 heterocycles. The molecule has 3 aliphatic heterocycles. The summed E-state index contributed by atoms with van der Waals surface area (Å²) in [5, 5.41) is 3.68. The van der Waals surface area contributed by atoms with Crippen LogP contribution >= 0.6 is 35.7 Å². The number of guanidine groups is 1. The minimum Gasteiger partial charge on any atom is -0.381 e. The molecule has 1 atom stereocenters. The highest BCUT2D eigenvalue weighted by Gasteiger charge is 2.34. The maximum absolute atomic E-state index is 5.55. The van der Waals surface area contributed by atoms with Gasteiger partial charge >= 0.3 is 0 Å². The second kappa shape index (κ2) is 10.6. The van der Waals surface area contributed by atoms with E-state index in [4.69, 9.17) is 4.74 Å². The lowest BCUT2D eigenvalue weighted by atomic mass is 9.99. The molecule has 0 aromatic rings. The Bertz CT molecular complexity index is 425. The number of halogens is 1. The highest BCUT2D eigenvalue weighted by Crippen LogP contribution is 2.33. The summed E-state index contributed by atoms with van der Waals surface area (Å²) in [4.78, 5) is 9.74. The lowest BCUT2D eigenvalue weighted by Gasteiger charge is -2.37. The number of nitrogens with zero attached hydrogens (tertiary/aromatic N) is 3. The molecular formula is C18H35IN4OS. The zero-order valence-electron chi connectivity index (χ0n) is 15.8. The van der Waals surface area contributed by atoms with Crippen LogP contribution in [0.5, 0.6) is 0 Å². The van der Waals surface area contributed by atoms with Crippen LogP contribution in [0.1, 0.15) is 38.5 Å². The van der Waals surface area contributed by atoms with E-state index in [0.717, 1.165) is 57.7 Å². The summed E-state index contributed by atoms with van der Waals surface area (Å²) in [6.45, 7) is 7.63. The number of ether oxygens (including phenoxy) is 1. The number of piperidine rings is 1. The maximum atomic E-state index is 5.55. The zero-order chi connectivity index (χ0) is 16.8. The fourth-order valence-electron chi connectivity index (χ4n) is 4.28. The van der Waals surface area contributed by atoms with Crippen LogP contribution in [0.2, 0.25) is 0 Å². The van der Waals surface area contributed by atoms with Crippen LogP contribution in [0.3, 0.4) is 0 Å². The van der Waals surface area contributed by atoms with Crippen LogP contribution in [0.25, 0.3) is 0 Å². The average molecular weight is 482 g/mol. The highest BCUT2D eigenvalue weighted by atomic mass is 127. The number of hydrogen-bond donors (Lipinski definition) is 1. The normalized spacial score (nSPS) is 27.8. The van der Waals surface area contributed by atoms with Crippen molar-refractivity contribution < 1.29 is 4.74 Å². The quantitative estimate of drug-likeness (QED) is 0.379. The van der Waals surface area contributed by atoms with Crippen molar-refractivity contribution in [1.82, 2.24) is 15.1 Å². The van der Waals surface area contributed by atoms with Gasteiger partial charge in [-0.05, 0) is 51.4 Å². The Morgan fingerprint density at radius 2 is 1.92 bits per heavy atom. The van der Waals surface area contributed by atoms with E-state index in [1.165, 1.54) is 38.8 Å². The van der Waals surface area contributed by atoms with Gasteiger partial charge in [-0.25, -0.2) is 0 Å². The number of hydrogen-bond acceptors (Lipinski definition) is 4. The van der Waals surface area contributed by atoms with E-state index in [9.17, 15) is 0 Å². The predicted octanol–water partition coefficient (Wildman–Crippen LogP) is 2.65. The summed E-state index contributed by atoms with van der Waals surface area (Å²) in [5.41, 5.74) is 0. The van der Waals surface area contributed by atoms with Gasteiger partial charge in [0.2, 0.25) is 0 Å². The van der Waals surface area contributed by atoms with Crippen molar-refractivity contribution in [1.29, 1.82) is 0 Å². The van der Waals surface area contributed by atoms with Gasteiger partial charge in [-0.15, -0.1) is 24.0 Å². The van der Waals surface area contributed by atoms with E-state index < -0.39 is 0 Å². The minimum absolute atomic E-state index is 0. The number of nitrogens with one attached hydrogen (secondary N) is 1. The minimum atomic E-state index is 0. The Morgan fingerprint density at radius 3 is 2.56 bits per heavy atom. The van der Waals surface area contributed by atoms with Crippen molar-refractivity contribution in [2.45, 2.75) is 49.3 Å². The second-order valence-corrected chi connectivity index (χ2v) is 8.66. The van der Waals surface area contributed by atoms with Crippen molar-refractivity contribution >= 4 is 41.7 Å². The zero-order valence-corrected chi connectivity index (χ0v) is 19.0. The van der Waals surface area contributed by atoms with Gasteiger partial charge < -0.3 is 15.0 Å². The first-order valence-corrected chi connectivity index (χ1v) is 10.8. The van der Waals surface area contributed by atoms with Gasteiger partial charge in [0.1, 0.15) is 0 Å². The third-order valence-electron chi connectivity index (χ3n) is 5.99. The molecule has 3 fully saturated rings. The first-order valence-electron chi connectivity index (χ1n) is 9.59. The van der Waals surface area contributed by atoms with Crippen LogP contribution in [0, 0.1) is 0 Å². The first-order chi connectivity index (χ1) is 11.8. The fourth-order valence-corrected chi connectivity index (χ4v) is 5.08. The summed E-state index contributed by atoms with van der Waals surface area (Å²) in [5.74, 6) is 1.09. The third-order valence-corrected chi connectivity index (χ3v) is 7.41. The average Bonchev–Trinajstić information content (AvgIpc) is 3.14. The number of rotatable bonds is 4. The summed E-state index contributed by atoms with van der Waals surface area (Å²) < 4.78 is 5.86. The molecule has 0 saturated carbocycles. The molecule has 3 saturated heterocycles. The van der Waals surface area contributed by atoms with E-state index in [2.05, 4.69) is 26.4 Å². The standard InChI is InChI=1S/C18H34N4OS.HI/c1-19-17(20-15-18(24-2)7-12-23-13-8-18)22-11-6-16(14-22)21-9-4-3-5-10-21;/h16H,3-15H2,1-2H3,(H,19,20);1H. The van der Waals surface area contributed by atoms with E-state index in [-0.39, 0.29) is 24.0 Å². The van der Waals surface area contributed by atoms with Gasteiger partial charge in [0.25, 0.3) is 0 Å². The fraction of sp³-hybridized carbons (Fsp3) is 0.944. The molecule has 3 aliphatic rings. The largest absolute Gasteiger partial charge is 0.381 e. The van der Waals surface area contributed by atoms with Crippen molar-refractivity contribution in [2.75, 3.05) is 59.2 Å². The monoisotopic (exact) mass is 482 g/mol. The van der Waals surface area contributed by atoms with E-state index in [1.54, 1.807) is 0 Å². The molecule has 1 N–H and O–H groups in total. The summed E-state index contributed by atoms with van der Waals surface area (Å²) in [7, 11) is 1.92. The van der Waals surface area contributed by atoms with Crippen molar-refractivity contribution in [3.63, 3.8) is 0 Å². The maximum Gasteiger partial charge on any atom is 0.193 e. The Hall–Kier alpha value is 0.270. The van der Waals surface area contributed by atoms with Crippen molar-refractivity contribution in [3.8, 4) is 0 Å². The van der Waals surface area contributed by atoms with Crippen LogP contribution in [0.4, 0.5) is 0 Å². The van der Waals surface area contributed by atoms with Gasteiger partial charge in [0.05, 0.1) is 0 Å². The molecule has 1 unspecified atom stereocenters. The smallest absolute Gasteiger partial charge is 0.193 e. The lowest BCUT2D eigenvalue weighted by molar-refractivity contribution is 0.0781. The third kappa shape index (κ3) is 5.62. The lowest BCUT2D eigenvalue weighted by Crippen LogP contribution is -2.49. The molecule has 0 spiro atoms. The molecule has 5 nitrogen and oxygen atoms in total. The van der Waals surface area contributed by atoms with E-state index in [1.807, 2.05) is 18.8 Å². The molecule has 3 rings (SSSR count). The van der Waals surface area contributed by atoms with Crippen molar-refractivity contribution in [2.24, 2.45) is 4.99 Å². The molecule has 146 valence electrons. The summed E-state index contributed by atoms with van der Waals surface area (Å²) >= 11 is 1.99. The van der Waals surface area contributed by atoms with Crippen LogP contribution in [-0.4, -0.2) is 85.8 Å². The number of likely N-dealkylation sites (tertiary alicyclic amines) is 2. The Morgan fingerprint density at radius 1 is 1.20 bits per heavy atom. The summed E-state index contributed by atoms with van der Waals surface area (Å²) in [6, 6.07) is 0.724. The first kappa shape index (κ1) is 21.6. The topological polar surface area (TPSA) is 40.1 Å². The Labute approximate surface area is 174 Å². The van der Waals surface area contributed by atoms with Gasteiger partial charge in [-0.2, -0.15) is 11.8 Å². The van der Waals surface area contributed by atoms with E-state index in [0.29, 0.717) is 4.75 Å². The van der Waals surface area contributed by atoms with E-state index >= 15 is 0 Å². The molecule has 7 heteroatoms. The molecule has 0 amide bonds. The van der Waals surface area contributed by atoms with Gasteiger partial charge in [0.15, 0.2) is 5.96 Å². The molecule has 0 aliphatic carbocycles. The molecule has 0 bridgehead atoms. The molecule has 0 aromatic heterocycles. The number of thioether (sulfide) groups is 1. The molecular weight excluding hydrogens is 447 g/mol. The highest BCUT2D eigenvalue weighted by molar-refractivity contribution is 14.0. The van der Waals surface area contributed by atoms with Gasteiger partial charge in [-0.1, -0.05) is 6.42 Å². The molecule has 25 heavy (non-hydrogen) atoms. The van der Waals surface area contributed by atoms with Crippen LogP contribution < -0.4 is 5.32 Å². The van der Waals surface area contributed by atoms with Gasteiger partial charge in [-0.3, -0.25) is 9.89 Å². The summed E-state index contributed by atoms with van der Waals surface area (Å²) in [6.07, 6.45) is 9.95. The molecule has 0 radical (unpaired) electrons.